The molecular weight excluding hydrogens is 548 g/mol. The molecule has 20 nitrogen and oxygen atoms in total. The fourth-order valence-corrected chi connectivity index (χ4v) is 2.94. The number of unbranched alkanes of at least 4 members (excludes halogenated alkanes) is 1. The Bertz CT molecular complexity index is 955. The van der Waals surface area contributed by atoms with Crippen molar-refractivity contribution in [3.63, 3.8) is 0 Å². The molecule has 0 spiro atoms. The van der Waals surface area contributed by atoms with Crippen molar-refractivity contribution in [3.8, 4) is 0 Å². The molecule has 2 aromatic heterocycles. The lowest BCUT2D eigenvalue weighted by atomic mass is 10.3. The average molecular weight is 591 g/mol. The number of aromatic nitrogens is 6. The first-order valence-corrected chi connectivity index (χ1v) is 12.4. The van der Waals surface area contributed by atoms with Gasteiger partial charge < -0.3 is 5.73 Å². The second-order valence-electron chi connectivity index (χ2n) is 7.32. The first-order chi connectivity index (χ1) is 19.8. The van der Waals surface area contributed by atoms with Gasteiger partial charge >= 0.3 is 0 Å². The van der Waals surface area contributed by atoms with Crippen LogP contribution in [-0.4, -0.2) is 99.9 Å². The zero-order valence-electron chi connectivity index (χ0n) is 25.3. The summed E-state index contributed by atoms with van der Waals surface area (Å²) in [5.41, 5.74) is 5.65. The second-order valence-corrected chi connectivity index (χ2v) is 7.32. The molecule has 0 radical (unpaired) electrons. The molecule has 0 unspecified atom stereocenters. The molecule has 2 N–H and O–H groups in total. The van der Waals surface area contributed by atoms with Crippen molar-refractivity contribution in [1.82, 2.24) is 29.9 Å². The van der Waals surface area contributed by atoms with Crippen LogP contribution < -0.4 is 31.5 Å². The van der Waals surface area contributed by atoms with E-state index in [1.54, 1.807) is 7.11 Å². The smallest absolute Gasteiger partial charge is 0.284 e. The number of hydrogen-bond donors (Lipinski definition) is 1. The summed E-state index contributed by atoms with van der Waals surface area (Å²) >= 11 is 0. The Morgan fingerprint density at radius 1 is 0.463 bits per heavy atom. The predicted molar refractivity (Wildman–Crippen MR) is 147 cm³/mol. The molecule has 0 amide bonds. The Morgan fingerprint density at radius 2 is 0.805 bits per heavy atom. The summed E-state index contributed by atoms with van der Waals surface area (Å²) in [6.45, 7) is 5.32. The number of nitrogens with zero attached hydrogens (tertiary/aromatic N) is 11. The number of hydrogen-bond acceptors (Lipinski definition) is 20. The highest BCUT2D eigenvalue weighted by Crippen LogP contribution is 2.20. The molecule has 0 saturated carbocycles. The molecule has 2 heterocycles. The van der Waals surface area contributed by atoms with Crippen LogP contribution in [0.25, 0.3) is 0 Å². The highest BCUT2D eigenvalue weighted by Gasteiger charge is 2.21. The highest BCUT2D eigenvalue weighted by atomic mass is 17.0. The summed E-state index contributed by atoms with van der Waals surface area (Å²) in [5, 5.41) is 6.08. The molecular formula is C21H42N12O8. The summed E-state index contributed by atoms with van der Waals surface area (Å²) in [6.07, 6.45) is 2.79. The van der Waals surface area contributed by atoms with Crippen molar-refractivity contribution >= 4 is 35.7 Å². The third-order valence-corrected chi connectivity index (χ3v) is 4.74. The van der Waals surface area contributed by atoms with Gasteiger partial charge in [0.05, 0.1) is 56.9 Å². The molecule has 0 atom stereocenters. The van der Waals surface area contributed by atoms with Crippen molar-refractivity contribution in [2.24, 2.45) is 0 Å². The van der Waals surface area contributed by atoms with Gasteiger partial charge in [0.25, 0.3) is 29.7 Å². The van der Waals surface area contributed by atoms with E-state index in [0.29, 0.717) is 19.0 Å². The van der Waals surface area contributed by atoms with Gasteiger partial charge in [-0.05, 0) is 12.8 Å². The number of anilines is 6. The number of rotatable bonds is 18. The van der Waals surface area contributed by atoms with E-state index in [4.69, 9.17) is 44.4 Å². The Morgan fingerprint density at radius 3 is 1.17 bits per heavy atom. The van der Waals surface area contributed by atoms with Gasteiger partial charge in [0, 0.05) is 13.1 Å². The molecule has 0 aromatic carbocycles. The van der Waals surface area contributed by atoms with Crippen LogP contribution in [0.2, 0.25) is 0 Å². The Labute approximate surface area is 239 Å². The van der Waals surface area contributed by atoms with Crippen LogP contribution in [0.4, 0.5) is 35.7 Å². The van der Waals surface area contributed by atoms with Gasteiger partial charge in [0.2, 0.25) is 5.95 Å². The predicted octanol–water partition coefficient (Wildman–Crippen LogP) is 1.06. The van der Waals surface area contributed by atoms with Crippen LogP contribution in [0.3, 0.4) is 0 Å². The fraction of sp³-hybridized carbons (Fsp3) is 0.714. The largest absolute Gasteiger partial charge is 0.368 e. The summed E-state index contributed by atoms with van der Waals surface area (Å²) in [7, 11) is 11.6. The van der Waals surface area contributed by atoms with Crippen LogP contribution in [0.1, 0.15) is 33.1 Å². The SMILES string of the molecule is CCCCN(OC)c1nc(N)nc(N(OC)OC)n1.CCCN(OC)c1nc(N(OC)OC)nc(N(OC)OC)n1. The monoisotopic (exact) mass is 590 g/mol. The number of nitrogens with two attached hydrogens (primary N) is 1. The lowest BCUT2D eigenvalue weighted by Gasteiger charge is -2.23. The van der Waals surface area contributed by atoms with Crippen LogP contribution >= 0.6 is 0 Å². The molecule has 0 aliphatic rings. The summed E-state index contributed by atoms with van der Waals surface area (Å²) in [6, 6.07) is 0. The van der Waals surface area contributed by atoms with Crippen LogP contribution in [0.15, 0.2) is 0 Å². The third kappa shape index (κ3) is 10.8. The van der Waals surface area contributed by atoms with E-state index in [1.165, 1.54) is 59.9 Å². The normalized spacial score (nSPS) is 10.6. The first-order valence-electron chi connectivity index (χ1n) is 12.4. The lowest BCUT2D eigenvalue weighted by Crippen LogP contribution is -2.30. The van der Waals surface area contributed by atoms with Crippen molar-refractivity contribution in [1.29, 1.82) is 0 Å². The minimum absolute atomic E-state index is 0.0534. The van der Waals surface area contributed by atoms with Crippen molar-refractivity contribution in [2.75, 3.05) is 102 Å². The Balaban J connectivity index is 0.000000414. The van der Waals surface area contributed by atoms with E-state index < -0.39 is 0 Å². The quantitative estimate of drug-likeness (QED) is 0.242. The topological polar surface area (TPSA) is 193 Å². The van der Waals surface area contributed by atoms with E-state index in [1.807, 2.05) is 6.92 Å². The van der Waals surface area contributed by atoms with Gasteiger partial charge in [-0.15, -0.1) is 0 Å². The Hall–Kier alpha value is -3.50. The van der Waals surface area contributed by atoms with E-state index in [2.05, 4.69) is 36.8 Å². The lowest BCUT2D eigenvalue weighted by molar-refractivity contribution is -0.0526. The van der Waals surface area contributed by atoms with Gasteiger partial charge in [0.15, 0.2) is 0 Å². The van der Waals surface area contributed by atoms with E-state index in [0.717, 1.165) is 34.9 Å². The summed E-state index contributed by atoms with van der Waals surface area (Å²) in [5.74, 6) is 0.952. The molecule has 2 rings (SSSR count). The standard InChI is InChI=1S/C11H22N6O5.C10H20N6O3/c1-7-8-15(18-2)9-12-10(16(19-3)20-4)14-11(13-9)17(21-5)22-6;1-5-6-7-15(17-2)9-12-8(11)13-10(14-9)16(18-3)19-4/h7-8H2,1-6H3;5-7H2,1-4H3,(H2,11,12,13,14). The van der Waals surface area contributed by atoms with Gasteiger partial charge in [-0.2, -0.15) is 29.9 Å². The fourth-order valence-electron chi connectivity index (χ4n) is 2.94. The molecule has 0 fully saturated rings. The molecule has 20 heteroatoms. The summed E-state index contributed by atoms with van der Waals surface area (Å²) in [4.78, 5) is 65.1. The minimum atomic E-state index is 0.0534. The Kier molecular flexibility index (Phi) is 16.9. The molecule has 0 aliphatic heterocycles. The van der Waals surface area contributed by atoms with Crippen LogP contribution in [0.5, 0.6) is 0 Å². The maximum atomic E-state index is 5.65. The zero-order chi connectivity index (χ0) is 30.8. The maximum Gasteiger partial charge on any atom is 0.284 e. The van der Waals surface area contributed by atoms with Crippen molar-refractivity contribution < 1.29 is 38.7 Å². The summed E-state index contributed by atoms with van der Waals surface area (Å²) < 4.78 is 0. The maximum absolute atomic E-state index is 5.65. The minimum Gasteiger partial charge on any atom is -0.368 e. The number of hydroxylamine groups is 2. The van der Waals surface area contributed by atoms with Crippen LogP contribution in [0, 0.1) is 0 Å². The third-order valence-electron chi connectivity index (χ3n) is 4.74. The van der Waals surface area contributed by atoms with E-state index >= 15 is 0 Å². The molecule has 41 heavy (non-hydrogen) atoms. The van der Waals surface area contributed by atoms with E-state index in [9.17, 15) is 0 Å². The van der Waals surface area contributed by atoms with Gasteiger partial charge in [0.1, 0.15) is 0 Å². The van der Waals surface area contributed by atoms with Gasteiger partial charge in [-0.25, -0.2) is 39.2 Å². The molecule has 0 aliphatic carbocycles. The zero-order valence-corrected chi connectivity index (χ0v) is 25.3. The first kappa shape index (κ1) is 35.5. The average Bonchev–Trinajstić information content (AvgIpc) is 2.98. The molecule has 234 valence electrons. The highest BCUT2D eigenvalue weighted by molar-refractivity contribution is 5.41. The molecule has 0 saturated heterocycles. The van der Waals surface area contributed by atoms with Gasteiger partial charge in [-0.1, -0.05) is 35.9 Å². The van der Waals surface area contributed by atoms with Crippen molar-refractivity contribution in [2.45, 2.75) is 33.1 Å². The molecule has 2 aromatic rings. The molecule has 0 bridgehead atoms. The van der Waals surface area contributed by atoms with Crippen LogP contribution in [-0.2, 0) is 38.7 Å². The second kappa shape index (κ2) is 19.6. The number of nitrogen functional groups attached to an aromatic ring is 1. The van der Waals surface area contributed by atoms with Crippen molar-refractivity contribution in [3.05, 3.63) is 0 Å². The van der Waals surface area contributed by atoms with Gasteiger partial charge in [-0.3, -0.25) is 9.68 Å². The van der Waals surface area contributed by atoms with E-state index in [-0.39, 0.29) is 29.7 Å².